The van der Waals surface area contributed by atoms with Crippen LogP contribution in [0.2, 0.25) is 0 Å². The predicted octanol–water partition coefficient (Wildman–Crippen LogP) is 2.11. The SMILES string of the molecule is N#Cc1ncc2[nH]c3ncccc3c2c1OC[C@H]1CCCN1. The molecule has 6 nitrogen and oxygen atoms in total. The summed E-state index contributed by atoms with van der Waals surface area (Å²) in [7, 11) is 0. The van der Waals surface area contributed by atoms with Gasteiger partial charge in [0.2, 0.25) is 0 Å². The van der Waals surface area contributed by atoms with Gasteiger partial charge in [0.1, 0.15) is 18.3 Å². The highest BCUT2D eigenvalue weighted by molar-refractivity contribution is 6.09. The number of rotatable bonds is 3. The van der Waals surface area contributed by atoms with Crippen LogP contribution in [-0.2, 0) is 0 Å². The van der Waals surface area contributed by atoms with E-state index in [0.29, 0.717) is 24.1 Å². The lowest BCUT2D eigenvalue weighted by Crippen LogP contribution is -2.28. The number of aromatic amines is 1. The molecule has 1 aliphatic heterocycles. The molecule has 110 valence electrons. The van der Waals surface area contributed by atoms with Crippen molar-refractivity contribution in [1.29, 1.82) is 5.26 Å². The van der Waals surface area contributed by atoms with E-state index < -0.39 is 0 Å². The molecule has 0 aromatic carbocycles. The van der Waals surface area contributed by atoms with Crippen LogP contribution in [0.25, 0.3) is 21.9 Å². The molecule has 22 heavy (non-hydrogen) atoms. The zero-order chi connectivity index (χ0) is 14.9. The maximum Gasteiger partial charge on any atom is 0.183 e. The van der Waals surface area contributed by atoms with Crippen molar-refractivity contribution in [2.24, 2.45) is 0 Å². The van der Waals surface area contributed by atoms with Gasteiger partial charge in [0.25, 0.3) is 0 Å². The summed E-state index contributed by atoms with van der Waals surface area (Å²) in [5.41, 5.74) is 1.93. The third-order valence-corrected chi connectivity index (χ3v) is 4.06. The molecule has 0 amide bonds. The number of aromatic nitrogens is 3. The van der Waals surface area contributed by atoms with Crippen LogP contribution in [0.1, 0.15) is 18.5 Å². The Morgan fingerprint density at radius 3 is 3.18 bits per heavy atom. The standard InChI is InChI=1S/C16H15N5O/c17-7-12-15(22-9-10-3-1-5-18-10)14-11-4-2-6-19-16(11)21-13(14)8-20-12/h2,4,6,8,10,18H,1,3,5,9H2,(H,19,21)/t10-/m1/s1. The first-order chi connectivity index (χ1) is 10.9. The molecule has 1 atom stereocenters. The van der Waals surface area contributed by atoms with E-state index in [4.69, 9.17) is 4.74 Å². The van der Waals surface area contributed by atoms with Crippen LogP contribution in [-0.4, -0.2) is 34.1 Å². The summed E-state index contributed by atoms with van der Waals surface area (Å²) in [4.78, 5) is 11.7. The smallest absolute Gasteiger partial charge is 0.183 e. The molecule has 2 N–H and O–H groups in total. The van der Waals surface area contributed by atoms with Crippen LogP contribution < -0.4 is 10.1 Å². The monoisotopic (exact) mass is 293 g/mol. The Morgan fingerprint density at radius 2 is 2.36 bits per heavy atom. The maximum absolute atomic E-state index is 9.35. The number of ether oxygens (including phenoxy) is 1. The molecule has 0 unspecified atom stereocenters. The highest BCUT2D eigenvalue weighted by Crippen LogP contribution is 2.34. The summed E-state index contributed by atoms with van der Waals surface area (Å²) in [6.45, 7) is 1.57. The summed E-state index contributed by atoms with van der Waals surface area (Å²) in [5.74, 6) is 0.549. The minimum absolute atomic E-state index is 0.315. The van der Waals surface area contributed by atoms with Gasteiger partial charge in [-0.3, -0.25) is 0 Å². The lowest BCUT2D eigenvalue weighted by Gasteiger charge is -2.13. The lowest BCUT2D eigenvalue weighted by molar-refractivity contribution is 0.279. The van der Waals surface area contributed by atoms with Crippen molar-refractivity contribution in [3.63, 3.8) is 0 Å². The van der Waals surface area contributed by atoms with Crippen molar-refractivity contribution in [2.75, 3.05) is 13.2 Å². The van der Waals surface area contributed by atoms with Crippen LogP contribution in [0.3, 0.4) is 0 Å². The number of fused-ring (bicyclic) bond motifs is 3. The number of hydrogen-bond acceptors (Lipinski definition) is 5. The van der Waals surface area contributed by atoms with Crippen LogP contribution in [0, 0.1) is 11.3 Å². The number of nitriles is 1. The normalized spacial score (nSPS) is 17.9. The van der Waals surface area contributed by atoms with Gasteiger partial charge in [-0.05, 0) is 31.5 Å². The highest BCUT2D eigenvalue weighted by atomic mass is 16.5. The lowest BCUT2D eigenvalue weighted by atomic mass is 10.2. The Morgan fingerprint density at radius 1 is 1.41 bits per heavy atom. The summed E-state index contributed by atoms with van der Waals surface area (Å²) in [6, 6.07) is 6.32. The number of nitrogens with zero attached hydrogens (tertiary/aromatic N) is 3. The van der Waals surface area contributed by atoms with E-state index in [1.165, 1.54) is 6.42 Å². The van der Waals surface area contributed by atoms with Crippen LogP contribution in [0.5, 0.6) is 5.75 Å². The topological polar surface area (TPSA) is 86.6 Å². The minimum atomic E-state index is 0.315. The molecule has 0 radical (unpaired) electrons. The van der Waals surface area contributed by atoms with E-state index in [1.807, 2.05) is 12.1 Å². The Kier molecular flexibility index (Phi) is 3.13. The van der Waals surface area contributed by atoms with Gasteiger partial charge in [-0.15, -0.1) is 0 Å². The first-order valence-electron chi connectivity index (χ1n) is 7.38. The molecule has 0 saturated carbocycles. The number of nitrogens with one attached hydrogen (secondary N) is 2. The fourth-order valence-electron chi connectivity index (χ4n) is 2.99. The Bertz CT molecular complexity index is 873. The molecule has 0 bridgehead atoms. The van der Waals surface area contributed by atoms with Crippen LogP contribution in [0.4, 0.5) is 0 Å². The Labute approximate surface area is 127 Å². The van der Waals surface area contributed by atoms with Crippen LogP contribution in [0.15, 0.2) is 24.5 Å². The van der Waals surface area contributed by atoms with E-state index in [0.717, 1.165) is 34.9 Å². The van der Waals surface area contributed by atoms with Crippen molar-refractivity contribution < 1.29 is 4.74 Å². The second-order valence-electron chi connectivity index (χ2n) is 5.47. The molecule has 4 heterocycles. The fraction of sp³-hybridized carbons (Fsp3) is 0.312. The van der Waals surface area contributed by atoms with E-state index in [2.05, 4.69) is 26.3 Å². The van der Waals surface area contributed by atoms with Crippen LogP contribution >= 0.6 is 0 Å². The average molecular weight is 293 g/mol. The van der Waals surface area contributed by atoms with Gasteiger partial charge in [-0.2, -0.15) is 5.26 Å². The van der Waals surface area contributed by atoms with Gasteiger partial charge < -0.3 is 15.0 Å². The van der Waals surface area contributed by atoms with Crippen molar-refractivity contribution in [3.8, 4) is 11.8 Å². The molecule has 1 fully saturated rings. The van der Waals surface area contributed by atoms with E-state index in [1.54, 1.807) is 12.4 Å². The first kappa shape index (κ1) is 13.0. The largest absolute Gasteiger partial charge is 0.488 e. The molecule has 6 heteroatoms. The molecule has 3 aromatic heterocycles. The van der Waals surface area contributed by atoms with Crippen molar-refractivity contribution in [3.05, 3.63) is 30.2 Å². The maximum atomic E-state index is 9.35. The second-order valence-corrected chi connectivity index (χ2v) is 5.47. The zero-order valence-electron chi connectivity index (χ0n) is 12.0. The van der Waals surface area contributed by atoms with Gasteiger partial charge in [-0.25, -0.2) is 9.97 Å². The van der Waals surface area contributed by atoms with Gasteiger partial charge in [-0.1, -0.05) is 0 Å². The quantitative estimate of drug-likeness (QED) is 0.772. The zero-order valence-corrected chi connectivity index (χ0v) is 12.0. The molecule has 0 spiro atoms. The Balaban J connectivity index is 1.83. The summed E-state index contributed by atoms with van der Waals surface area (Å²) >= 11 is 0. The molecule has 4 rings (SSSR count). The third kappa shape index (κ3) is 2.07. The molecule has 0 aliphatic carbocycles. The van der Waals surface area contributed by atoms with Crippen molar-refractivity contribution >= 4 is 21.9 Å². The fourth-order valence-corrected chi connectivity index (χ4v) is 2.99. The molecular formula is C16H15N5O. The molecule has 1 saturated heterocycles. The summed E-state index contributed by atoms with van der Waals surface area (Å²) in [5, 5.41) is 14.6. The third-order valence-electron chi connectivity index (χ3n) is 4.06. The van der Waals surface area contributed by atoms with Gasteiger partial charge >= 0.3 is 0 Å². The minimum Gasteiger partial charge on any atom is -0.488 e. The molecular weight excluding hydrogens is 278 g/mol. The van der Waals surface area contributed by atoms with E-state index >= 15 is 0 Å². The summed E-state index contributed by atoms with van der Waals surface area (Å²) in [6.07, 6.45) is 5.66. The van der Waals surface area contributed by atoms with Crippen molar-refractivity contribution in [2.45, 2.75) is 18.9 Å². The molecule has 1 aliphatic rings. The van der Waals surface area contributed by atoms with Gasteiger partial charge in [0.05, 0.1) is 17.1 Å². The number of H-pyrrole nitrogens is 1. The van der Waals surface area contributed by atoms with E-state index in [9.17, 15) is 5.26 Å². The van der Waals surface area contributed by atoms with Gasteiger partial charge in [0.15, 0.2) is 11.4 Å². The highest BCUT2D eigenvalue weighted by Gasteiger charge is 2.19. The average Bonchev–Trinajstić information content (AvgIpc) is 3.19. The predicted molar refractivity (Wildman–Crippen MR) is 82.6 cm³/mol. The van der Waals surface area contributed by atoms with Crippen molar-refractivity contribution in [1.82, 2.24) is 20.3 Å². The number of hydrogen-bond donors (Lipinski definition) is 2. The first-order valence-corrected chi connectivity index (χ1v) is 7.38. The number of pyridine rings is 2. The summed E-state index contributed by atoms with van der Waals surface area (Å²) < 4.78 is 6.00. The second kappa shape index (κ2) is 5.28. The molecule has 3 aromatic rings. The Hall–Kier alpha value is -2.65. The van der Waals surface area contributed by atoms with E-state index in [-0.39, 0.29) is 0 Å². The van der Waals surface area contributed by atoms with Gasteiger partial charge in [0, 0.05) is 17.6 Å².